The number of anilines is 1. The number of aryl methyl sites for hydroxylation is 2. The van der Waals surface area contributed by atoms with Gasteiger partial charge in [-0.3, -0.25) is 19.6 Å². The fraction of sp³-hybridized carbons (Fsp3) is 0.154. The first kappa shape index (κ1) is 23.3. The van der Waals surface area contributed by atoms with Crippen LogP contribution < -0.4 is 16.8 Å². The Morgan fingerprint density at radius 1 is 1.11 bits per heavy atom. The number of pyridine rings is 3. The molecule has 0 fully saturated rings. The predicted octanol–water partition coefficient (Wildman–Crippen LogP) is 2.72. The maximum atomic E-state index is 12.8. The van der Waals surface area contributed by atoms with Crippen molar-refractivity contribution in [1.29, 1.82) is 5.26 Å². The van der Waals surface area contributed by atoms with E-state index in [1.807, 2.05) is 26.0 Å². The van der Waals surface area contributed by atoms with E-state index in [4.69, 9.17) is 11.5 Å². The van der Waals surface area contributed by atoms with Crippen LogP contribution in [0.2, 0.25) is 0 Å². The third-order valence-corrected chi connectivity index (χ3v) is 5.70. The number of carbonyl (C=O) groups excluding carboxylic acids is 2. The van der Waals surface area contributed by atoms with E-state index in [1.54, 1.807) is 36.5 Å². The molecule has 5 N–H and O–H groups in total. The number of carbonyl (C=O) groups is 2. The molecule has 2 amide bonds. The third kappa shape index (κ3) is 5.07. The Morgan fingerprint density at radius 3 is 2.63 bits per heavy atom. The number of nitrogens with zero attached hydrogens (tertiary/aromatic N) is 4. The molecule has 0 aliphatic heterocycles. The summed E-state index contributed by atoms with van der Waals surface area (Å²) in [5.41, 5.74) is 16.9. The lowest BCUT2D eigenvalue weighted by Gasteiger charge is -2.12. The molecule has 0 aliphatic rings. The van der Waals surface area contributed by atoms with E-state index < -0.39 is 5.91 Å². The minimum Gasteiger partial charge on any atom is -0.384 e. The SMILES string of the molecule is Cc1cc(N)nc(C)c1CNC(=O)c1ccnc(Cc2cc(C(N)=O)c3ncc(C#N)cc3c2)c1. The lowest BCUT2D eigenvalue weighted by molar-refractivity contribution is 0.0949. The average molecular weight is 466 g/mol. The van der Waals surface area contributed by atoms with Gasteiger partial charge in [0.15, 0.2) is 0 Å². The fourth-order valence-electron chi connectivity index (χ4n) is 4.01. The third-order valence-electron chi connectivity index (χ3n) is 5.70. The molecule has 0 aliphatic carbocycles. The van der Waals surface area contributed by atoms with Crippen LogP contribution in [0.25, 0.3) is 10.9 Å². The number of hydrogen-bond donors (Lipinski definition) is 3. The number of nitriles is 1. The van der Waals surface area contributed by atoms with Crippen molar-refractivity contribution in [1.82, 2.24) is 20.3 Å². The summed E-state index contributed by atoms with van der Waals surface area (Å²) >= 11 is 0. The summed E-state index contributed by atoms with van der Waals surface area (Å²) in [5, 5.41) is 12.7. The highest BCUT2D eigenvalue weighted by atomic mass is 16.2. The van der Waals surface area contributed by atoms with Crippen molar-refractivity contribution in [2.45, 2.75) is 26.8 Å². The van der Waals surface area contributed by atoms with Crippen molar-refractivity contribution in [3.8, 4) is 6.07 Å². The van der Waals surface area contributed by atoms with Crippen LogP contribution in [0.3, 0.4) is 0 Å². The molecule has 174 valence electrons. The molecule has 3 aromatic heterocycles. The van der Waals surface area contributed by atoms with Gasteiger partial charge in [-0.05, 0) is 66.9 Å². The molecular weight excluding hydrogens is 442 g/mol. The van der Waals surface area contributed by atoms with Gasteiger partial charge < -0.3 is 16.8 Å². The van der Waals surface area contributed by atoms with Crippen molar-refractivity contribution in [3.05, 3.63) is 93.6 Å². The van der Waals surface area contributed by atoms with Crippen molar-refractivity contribution < 1.29 is 9.59 Å². The number of nitrogen functional groups attached to an aromatic ring is 1. The van der Waals surface area contributed by atoms with Crippen LogP contribution in [-0.4, -0.2) is 26.8 Å². The number of hydrogen-bond acceptors (Lipinski definition) is 7. The Kier molecular flexibility index (Phi) is 6.38. The van der Waals surface area contributed by atoms with Crippen molar-refractivity contribution in [2.24, 2.45) is 5.73 Å². The number of nitrogens with two attached hydrogens (primary N) is 2. The molecule has 3 heterocycles. The summed E-state index contributed by atoms with van der Waals surface area (Å²) in [4.78, 5) is 37.7. The second-order valence-electron chi connectivity index (χ2n) is 8.24. The Bertz CT molecular complexity index is 1500. The first-order valence-corrected chi connectivity index (χ1v) is 10.8. The van der Waals surface area contributed by atoms with E-state index in [-0.39, 0.29) is 11.5 Å². The average Bonchev–Trinajstić information content (AvgIpc) is 2.82. The van der Waals surface area contributed by atoms with Gasteiger partial charge in [-0.15, -0.1) is 0 Å². The molecule has 1 aromatic carbocycles. The van der Waals surface area contributed by atoms with E-state index in [2.05, 4.69) is 20.3 Å². The van der Waals surface area contributed by atoms with E-state index in [0.717, 1.165) is 22.4 Å². The maximum absolute atomic E-state index is 12.8. The highest BCUT2D eigenvalue weighted by molar-refractivity contribution is 6.05. The second-order valence-corrected chi connectivity index (χ2v) is 8.24. The number of rotatable bonds is 6. The molecule has 0 saturated carbocycles. The van der Waals surface area contributed by atoms with Gasteiger partial charge in [-0.2, -0.15) is 5.26 Å². The summed E-state index contributed by atoms with van der Waals surface area (Å²) in [7, 11) is 0. The largest absolute Gasteiger partial charge is 0.384 e. The zero-order valence-corrected chi connectivity index (χ0v) is 19.3. The lowest BCUT2D eigenvalue weighted by Crippen LogP contribution is -2.24. The zero-order valence-electron chi connectivity index (χ0n) is 19.3. The van der Waals surface area contributed by atoms with Gasteiger partial charge in [0.05, 0.1) is 16.6 Å². The summed E-state index contributed by atoms with van der Waals surface area (Å²) in [6.45, 7) is 4.10. The number of primary amides is 1. The van der Waals surface area contributed by atoms with Gasteiger partial charge in [-0.1, -0.05) is 0 Å². The van der Waals surface area contributed by atoms with E-state index >= 15 is 0 Å². The van der Waals surface area contributed by atoms with Crippen molar-refractivity contribution in [3.63, 3.8) is 0 Å². The maximum Gasteiger partial charge on any atom is 0.251 e. The van der Waals surface area contributed by atoms with Gasteiger partial charge in [0, 0.05) is 47.7 Å². The van der Waals surface area contributed by atoms with Crippen molar-refractivity contribution in [2.75, 3.05) is 5.73 Å². The summed E-state index contributed by atoms with van der Waals surface area (Å²) in [5.74, 6) is -0.414. The quantitative estimate of drug-likeness (QED) is 0.394. The second kappa shape index (κ2) is 9.57. The molecule has 0 saturated heterocycles. The first-order chi connectivity index (χ1) is 16.7. The molecule has 9 nitrogen and oxygen atoms in total. The summed E-state index contributed by atoms with van der Waals surface area (Å²) < 4.78 is 0. The monoisotopic (exact) mass is 465 g/mol. The Labute approximate surface area is 201 Å². The van der Waals surface area contributed by atoms with Gasteiger partial charge >= 0.3 is 0 Å². The number of aromatic nitrogens is 3. The first-order valence-electron chi connectivity index (χ1n) is 10.8. The number of nitrogens with one attached hydrogen (secondary N) is 1. The molecule has 0 radical (unpaired) electrons. The van der Waals surface area contributed by atoms with Crippen LogP contribution in [0.15, 0.2) is 48.8 Å². The van der Waals surface area contributed by atoms with Gasteiger partial charge in [0.25, 0.3) is 11.8 Å². The molecule has 0 unspecified atom stereocenters. The van der Waals surface area contributed by atoms with E-state index in [9.17, 15) is 14.9 Å². The Balaban J connectivity index is 1.57. The van der Waals surface area contributed by atoms with Crippen LogP contribution in [0.4, 0.5) is 5.82 Å². The topological polar surface area (TPSA) is 161 Å². The van der Waals surface area contributed by atoms with Gasteiger partial charge in [0.2, 0.25) is 0 Å². The van der Waals surface area contributed by atoms with Crippen LogP contribution >= 0.6 is 0 Å². The Hall–Kier alpha value is -4.84. The lowest BCUT2D eigenvalue weighted by atomic mass is 10.00. The molecule has 4 rings (SSSR count). The Morgan fingerprint density at radius 2 is 1.91 bits per heavy atom. The fourth-order valence-corrected chi connectivity index (χ4v) is 4.01. The van der Waals surface area contributed by atoms with E-state index in [0.29, 0.717) is 46.5 Å². The van der Waals surface area contributed by atoms with Crippen LogP contribution in [0, 0.1) is 25.2 Å². The molecule has 0 spiro atoms. The zero-order chi connectivity index (χ0) is 25.1. The summed E-state index contributed by atoms with van der Waals surface area (Å²) in [6.07, 6.45) is 3.33. The minimum absolute atomic E-state index is 0.247. The number of benzene rings is 1. The number of amides is 2. The van der Waals surface area contributed by atoms with E-state index in [1.165, 1.54) is 6.20 Å². The molecule has 9 heteroatoms. The van der Waals surface area contributed by atoms with Crippen LogP contribution in [0.1, 0.15) is 54.4 Å². The highest BCUT2D eigenvalue weighted by Crippen LogP contribution is 2.22. The van der Waals surface area contributed by atoms with Gasteiger partial charge in [-0.25, -0.2) is 4.98 Å². The molecule has 4 aromatic rings. The number of fused-ring (bicyclic) bond motifs is 1. The van der Waals surface area contributed by atoms with Crippen LogP contribution in [0.5, 0.6) is 0 Å². The van der Waals surface area contributed by atoms with Gasteiger partial charge in [0.1, 0.15) is 11.9 Å². The normalized spacial score (nSPS) is 10.7. The smallest absolute Gasteiger partial charge is 0.251 e. The molecule has 0 bridgehead atoms. The predicted molar refractivity (Wildman–Crippen MR) is 131 cm³/mol. The molecular formula is C26H23N7O2. The standard InChI is InChI=1S/C26H23N7O2/c1-14-5-23(28)33-15(2)22(14)13-32-26(35)18-3-4-30-20(10-18)8-16-6-19-7-17(11-27)12-31-24(19)21(9-16)25(29)34/h3-7,9-10,12H,8,13H2,1-2H3,(H2,28,33)(H2,29,34)(H,32,35). The minimum atomic E-state index is -0.613. The molecule has 35 heavy (non-hydrogen) atoms. The summed E-state index contributed by atoms with van der Waals surface area (Å²) in [6, 6.07) is 12.3. The molecule has 0 atom stereocenters. The highest BCUT2D eigenvalue weighted by Gasteiger charge is 2.14. The van der Waals surface area contributed by atoms with Crippen LogP contribution in [-0.2, 0) is 13.0 Å². The van der Waals surface area contributed by atoms with Crippen molar-refractivity contribution >= 4 is 28.5 Å².